The summed E-state index contributed by atoms with van der Waals surface area (Å²) in [4.78, 5) is 25.6. The quantitative estimate of drug-likeness (QED) is 0.791. The summed E-state index contributed by atoms with van der Waals surface area (Å²) in [6.45, 7) is 3.85. The van der Waals surface area contributed by atoms with E-state index in [0.29, 0.717) is 30.9 Å². The van der Waals surface area contributed by atoms with Crippen molar-refractivity contribution in [2.75, 3.05) is 31.6 Å². The molecule has 6 nitrogen and oxygen atoms in total. The van der Waals surface area contributed by atoms with Gasteiger partial charge in [-0.1, -0.05) is 0 Å². The number of benzene rings is 1. The van der Waals surface area contributed by atoms with Gasteiger partial charge in [-0.3, -0.25) is 4.79 Å². The van der Waals surface area contributed by atoms with E-state index in [1.54, 1.807) is 29.2 Å². The summed E-state index contributed by atoms with van der Waals surface area (Å²) in [5, 5.41) is 14.8. The molecule has 6 heteroatoms. The Balaban J connectivity index is 1.92. The second-order valence-corrected chi connectivity index (χ2v) is 5.50. The molecule has 0 spiro atoms. The Morgan fingerprint density at radius 3 is 2.68 bits per heavy atom. The molecule has 2 rings (SSSR count). The van der Waals surface area contributed by atoms with Crippen LogP contribution >= 0.6 is 0 Å². The number of piperidine rings is 1. The van der Waals surface area contributed by atoms with Crippen LogP contribution in [0.25, 0.3) is 0 Å². The molecular formula is C16H23N3O3. The number of carbonyl (C=O) groups is 2. The van der Waals surface area contributed by atoms with E-state index in [1.807, 2.05) is 6.92 Å². The Morgan fingerprint density at radius 2 is 2.05 bits per heavy atom. The fraction of sp³-hybridized carbons (Fsp3) is 0.500. The van der Waals surface area contributed by atoms with Gasteiger partial charge in [0.05, 0.1) is 0 Å². The van der Waals surface area contributed by atoms with Crippen molar-refractivity contribution in [3.63, 3.8) is 0 Å². The number of nitrogens with one attached hydrogen (secondary N) is 2. The summed E-state index contributed by atoms with van der Waals surface area (Å²) in [5.41, 5.74) is 1.22. The third kappa shape index (κ3) is 4.21. The number of carbonyl (C=O) groups excluding carboxylic acids is 2. The Bertz CT molecular complexity index is 516. The smallest absolute Gasteiger partial charge is 0.321 e. The van der Waals surface area contributed by atoms with Gasteiger partial charge >= 0.3 is 6.03 Å². The van der Waals surface area contributed by atoms with Gasteiger partial charge in [-0.15, -0.1) is 0 Å². The van der Waals surface area contributed by atoms with Crippen LogP contribution in [0, 0.1) is 5.92 Å². The lowest BCUT2D eigenvalue weighted by Crippen LogP contribution is -2.43. The molecule has 1 aliphatic heterocycles. The van der Waals surface area contributed by atoms with E-state index < -0.39 is 0 Å². The fourth-order valence-corrected chi connectivity index (χ4v) is 2.57. The Labute approximate surface area is 130 Å². The summed E-state index contributed by atoms with van der Waals surface area (Å²) >= 11 is 0. The van der Waals surface area contributed by atoms with Crippen LogP contribution in [0.4, 0.5) is 10.5 Å². The number of anilines is 1. The number of rotatable bonds is 4. The Kier molecular flexibility index (Phi) is 5.77. The molecule has 1 saturated heterocycles. The largest absolute Gasteiger partial charge is 0.396 e. The molecule has 0 bridgehead atoms. The maximum atomic E-state index is 12.2. The maximum Gasteiger partial charge on any atom is 0.321 e. The average molecular weight is 305 g/mol. The van der Waals surface area contributed by atoms with Crippen LogP contribution in [0.5, 0.6) is 0 Å². The third-order valence-electron chi connectivity index (χ3n) is 3.80. The summed E-state index contributed by atoms with van der Waals surface area (Å²) in [6, 6.07) is 6.65. The molecule has 3 amide bonds. The highest BCUT2D eigenvalue weighted by molar-refractivity contribution is 5.95. The molecule has 22 heavy (non-hydrogen) atoms. The molecule has 0 aromatic heterocycles. The third-order valence-corrected chi connectivity index (χ3v) is 3.80. The lowest BCUT2D eigenvalue weighted by molar-refractivity contribution is 0.0956. The van der Waals surface area contributed by atoms with Gasteiger partial charge < -0.3 is 20.6 Å². The number of aliphatic hydroxyl groups excluding tert-OH is 1. The zero-order valence-electron chi connectivity index (χ0n) is 12.8. The molecule has 1 aliphatic rings. The topological polar surface area (TPSA) is 81.7 Å². The van der Waals surface area contributed by atoms with Crippen molar-refractivity contribution < 1.29 is 14.7 Å². The Hall–Kier alpha value is -2.08. The van der Waals surface area contributed by atoms with Crippen molar-refractivity contribution in [3.8, 4) is 0 Å². The normalized spacial score (nSPS) is 17.9. The molecule has 1 atom stereocenters. The maximum absolute atomic E-state index is 12.2. The van der Waals surface area contributed by atoms with Crippen LogP contribution in [0.3, 0.4) is 0 Å². The first-order valence-electron chi connectivity index (χ1n) is 7.69. The predicted molar refractivity (Wildman–Crippen MR) is 84.9 cm³/mol. The minimum absolute atomic E-state index is 0.116. The molecule has 120 valence electrons. The van der Waals surface area contributed by atoms with Gasteiger partial charge in [-0.05, 0) is 49.9 Å². The SMILES string of the molecule is CCNC(=O)c1ccc(NC(=O)N2CCCC(CO)C2)cc1. The molecule has 3 N–H and O–H groups in total. The molecule has 1 aromatic carbocycles. The van der Waals surface area contributed by atoms with E-state index in [-0.39, 0.29) is 24.5 Å². The summed E-state index contributed by atoms with van der Waals surface area (Å²) in [7, 11) is 0. The first-order chi connectivity index (χ1) is 10.6. The minimum atomic E-state index is -0.163. The highest BCUT2D eigenvalue weighted by Gasteiger charge is 2.23. The van der Waals surface area contributed by atoms with E-state index >= 15 is 0 Å². The number of aliphatic hydroxyl groups is 1. The lowest BCUT2D eigenvalue weighted by atomic mass is 9.99. The zero-order valence-corrected chi connectivity index (χ0v) is 12.8. The molecule has 1 unspecified atom stereocenters. The van der Waals surface area contributed by atoms with Gasteiger partial charge in [0.15, 0.2) is 0 Å². The highest BCUT2D eigenvalue weighted by Crippen LogP contribution is 2.17. The molecule has 0 radical (unpaired) electrons. The number of urea groups is 1. The number of nitrogens with zero attached hydrogens (tertiary/aromatic N) is 1. The van der Waals surface area contributed by atoms with Gasteiger partial charge in [0.1, 0.15) is 0 Å². The van der Waals surface area contributed by atoms with Crippen molar-refractivity contribution in [1.82, 2.24) is 10.2 Å². The molecule has 0 aliphatic carbocycles. The average Bonchev–Trinajstić information content (AvgIpc) is 2.55. The molecule has 1 aromatic rings. The molecule has 1 fully saturated rings. The van der Waals surface area contributed by atoms with Crippen molar-refractivity contribution in [3.05, 3.63) is 29.8 Å². The van der Waals surface area contributed by atoms with Gasteiger partial charge in [0.25, 0.3) is 5.91 Å². The zero-order chi connectivity index (χ0) is 15.9. The van der Waals surface area contributed by atoms with Crippen molar-refractivity contribution in [2.24, 2.45) is 5.92 Å². The van der Waals surface area contributed by atoms with Gasteiger partial charge in [0, 0.05) is 37.5 Å². The van der Waals surface area contributed by atoms with Crippen LogP contribution in [0.1, 0.15) is 30.1 Å². The van der Waals surface area contributed by atoms with Crippen molar-refractivity contribution in [1.29, 1.82) is 0 Å². The van der Waals surface area contributed by atoms with Gasteiger partial charge in [-0.2, -0.15) is 0 Å². The standard InChI is InChI=1S/C16H23N3O3/c1-2-17-15(21)13-5-7-14(8-6-13)18-16(22)19-9-3-4-12(10-19)11-20/h5-8,12,20H,2-4,9-11H2,1H3,(H,17,21)(H,18,22). The lowest BCUT2D eigenvalue weighted by Gasteiger charge is -2.31. The van der Waals surface area contributed by atoms with Crippen molar-refractivity contribution in [2.45, 2.75) is 19.8 Å². The predicted octanol–water partition coefficient (Wildman–Crippen LogP) is 1.67. The number of amides is 3. The summed E-state index contributed by atoms with van der Waals surface area (Å²) in [6.07, 6.45) is 1.87. The highest BCUT2D eigenvalue weighted by atomic mass is 16.3. The summed E-state index contributed by atoms with van der Waals surface area (Å²) < 4.78 is 0. The van der Waals surface area contributed by atoms with E-state index in [0.717, 1.165) is 12.8 Å². The number of hydrogen-bond acceptors (Lipinski definition) is 3. The van der Waals surface area contributed by atoms with E-state index in [2.05, 4.69) is 10.6 Å². The first kappa shape index (κ1) is 16.3. The minimum Gasteiger partial charge on any atom is -0.396 e. The summed E-state index contributed by atoms with van der Waals surface area (Å²) in [5.74, 6) is 0.0433. The van der Waals surface area contributed by atoms with E-state index in [1.165, 1.54) is 0 Å². The molecule has 0 saturated carbocycles. The van der Waals surface area contributed by atoms with Crippen LogP contribution in [0.2, 0.25) is 0 Å². The monoisotopic (exact) mass is 305 g/mol. The number of likely N-dealkylation sites (tertiary alicyclic amines) is 1. The second kappa shape index (κ2) is 7.79. The molecule has 1 heterocycles. The first-order valence-corrected chi connectivity index (χ1v) is 7.69. The van der Waals surface area contributed by atoms with Gasteiger partial charge in [0.2, 0.25) is 0 Å². The van der Waals surface area contributed by atoms with Gasteiger partial charge in [-0.25, -0.2) is 4.79 Å². The van der Waals surface area contributed by atoms with E-state index in [9.17, 15) is 14.7 Å². The number of hydrogen-bond donors (Lipinski definition) is 3. The van der Waals surface area contributed by atoms with E-state index in [4.69, 9.17) is 0 Å². The van der Waals surface area contributed by atoms with Crippen molar-refractivity contribution >= 4 is 17.6 Å². The fourth-order valence-electron chi connectivity index (χ4n) is 2.57. The van der Waals surface area contributed by atoms with Crippen LogP contribution in [-0.2, 0) is 0 Å². The van der Waals surface area contributed by atoms with Crippen LogP contribution < -0.4 is 10.6 Å². The van der Waals surface area contributed by atoms with Crippen LogP contribution in [-0.4, -0.2) is 48.2 Å². The molecular weight excluding hydrogens is 282 g/mol. The Morgan fingerprint density at radius 1 is 1.32 bits per heavy atom. The van der Waals surface area contributed by atoms with Crippen LogP contribution in [0.15, 0.2) is 24.3 Å². The second-order valence-electron chi connectivity index (χ2n) is 5.50.